The molecule has 3 aromatic rings. The van der Waals surface area contributed by atoms with Crippen LogP contribution in [-0.4, -0.2) is 8.97 Å². The molecule has 88 valence electrons. The first-order valence-corrected chi connectivity index (χ1v) is 5.91. The second kappa shape index (κ2) is 3.94. The number of hydrogen-bond donors (Lipinski definition) is 0. The molecule has 3 rings (SSSR count). The lowest BCUT2D eigenvalue weighted by Crippen LogP contribution is -1.89. The van der Waals surface area contributed by atoms with E-state index in [4.69, 9.17) is 11.6 Å². The zero-order valence-electron chi connectivity index (χ0n) is 9.76. The summed E-state index contributed by atoms with van der Waals surface area (Å²) in [5.41, 5.74) is 3.44. The van der Waals surface area contributed by atoms with Gasteiger partial charge < -0.3 is 8.97 Å². The molecule has 0 saturated heterocycles. The van der Waals surface area contributed by atoms with Gasteiger partial charge >= 0.3 is 0 Å². The Bertz CT molecular complexity index is 760. The molecule has 0 aliphatic rings. The number of imidazole rings is 1. The van der Waals surface area contributed by atoms with Gasteiger partial charge in [-0.2, -0.15) is 5.26 Å². The van der Waals surface area contributed by atoms with Crippen LogP contribution in [0.15, 0.2) is 42.7 Å². The van der Waals surface area contributed by atoms with Crippen LogP contribution >= 0.6 is 11.6 Å². The summed E-state index contributed by atoms with van der Waals surface area (Å²) in [6.07, 6.45) is 3.75. The summed E-state index contributed by atoms with van der Waals surface area (Å²) in [5, 5.41) is 9.99. The van der Waals surface area contributed by atoms with Crippen LogP contribution in [0.25, 0.3) is 16.8 Å². The van der Waals surface area contributed by atoms with Crippen LogP contribution in [0.2, 0.25) is 5.15 Å². The molecule has 18 heavy (non-hydrogen) atoms. The van der Waals surface area contributed by atoms with E-state index in [0.717, 1.165) is 16.8 Å². The Labute approximate surface area is 109 Å². The Balaban J connectivity index is 2.36. The third-order valence-corrected chi connectivity index (χ3v) is 3.44. The van der Waals surface area contributed by atoms with Crippen LogP contribution in [0, 0.1) is 11.3 Å². The predicted octanol–water partition coefficient (Wildman–Crippen LogP) is 3.47. The second-order valence-electron chi connectivity index (χ2n) is 4.14. The van der Waals surface area contributed by atoms with Crippen LogP contribution in [0.3, 0.4) is 0 Å². The number of hydrogen-bond acceptors (Lipinski definition) is 1. The van der Waals surface area contributed by atoms with Gasteiger partial charge in [-0.05, 0) is 5.56 Å². The number of benzene rings is 1. The van der Waals surface area contributed by atoms with E-state index in [-0.39, 0.29) is 0 Å². The van der Waals surface area contributed by atoms with E-state index in [1.54, 1.807) is 0 Å². The predicted molar refractivity (Wildman–Crippen MR) is 71.5 cm³/mol. The Morgan fingerprint density at radius 3 is 2.56 bits per heavy atom. The molecule has 0 amide bonds. The van der Waals surface area contributed by atoms with Crippen LogP contribution in [0.1, 0.15) is 5.56 Å². The molecule has 0 bridgehead atoms. The zero-order chi connectivity index (χ0) is 12.7. The van der Waals surface area contributed by atoms with E-state index in [1.165, 1.54) is 0 Å². The highest BCUT2D eigenvalue weighted by molar-refractivity contribution is 6.29. The van der Waals surface area contributed by atoms with E-state index in [1.807, 2.05) is 58.7 Å². The quantitative estimate of drug-likeness (QED) is 0.655. The topological polar surface area (TPSA) is 33.1 Å². The smallest absolute Gasteiger partial charge is 0.136 e. The number of nitriles is 1. The van der Waals surface area contributed by atoms with Crippen LogP contribution in [-0.2, 0) is 7.05 Å². The van der Waals surface area contributed by atoms with Crippen molar-refractivity contribution in [2.75, 3.05) is 0 Å². The van der Waals surface area contributed by atoms with Crippen molar-refractivity contribution in [2.45, 2.75) is 0 Å². The van der Waals surface area contributed by atoms with Crippen molar-refractivity contribution >= 4 is 17.2 Å². The molecule has 0 unspecified atom stereocenters. The molecule has 3 nitrogen and oxygen atoms in total. The molecule has 0 spiro atoms. The first-order valence-electron chi connectivity index (χ1n) is 5.54. The molecule has 0 radical (unpaired) electrons. The molecule has 0 aliphatic carbocycles. The van der Waals surface area contributed by atoms with Gasteiger partial charge in [0.1, 0.15) is 22.4 Å². The van der Waals surface area contributed by atoms with E-state index in [9.17, 15) is 5.26 Å². The largest absolute Gasteiger partial charge is 0.319 e. The van der Waals surface area contributed by atoms with Crippen molar-refractivity contribution in [3.8, 4) is 17.2 Å². The molecule has 0 atom stereocenters. The molecule has 0 fully saturated rings. The summed E-state index contributed by atoms with van der Waals surface area (Å²) in [7, 11) is 1.85. The monoisotopic (exact) mass is 255 g/mol. The summed E-state index contributed by atoms with van der Waals surface area (Å²) in [4.78, 5) is 0. The van der Waals surface area contributed by atoms with Gasteiger partial charge in [0.05, 0.1) is 0 Å². The normalized spacial score (nSPS) is 10.7. The lowest BCUT2D eigenvalue weighted by molar-refractivity contribution is 0.957. The molecule has 1 aromatic carbocycles. The van der Waals surface area contributed by atoms with Gasteiger partial charge in [-0.15, -0.1) is 0 Å². The lowest BCUT2D eigenvalue weighted by Gasteiger charge is -1.99. The minimum atomic E-state index is 0.612. The lowest BCUT2D eigenvalue weighted by atomic mass is 10.1. The van der Waals surface area contributed by atoms with E-state index in [2.05, 4.69) is 6.07 Å². The van der Waals surface area contributed by atoms with Gasteiger partial charge in [-0.1, -0.05) is 41.9 Å². The Morgan fingerprint density at radius 1 is 1.17 bits per heavy atom. The van der Waals surface area contributed by atoms with Crippen molar-refractivity contribution in [1.82, 2.24) is 8.97 Å². The molecular formula is C14H10ClN3. The zero-order valence-corrected chi connectivity index (χ0v) is 10.5. The van der Waals surface area contributed by atoms with Crippen LogP contribution in [0.4, 0.5) is 0 Å². The average Bonchev–Trinajstić information content (AvgIpc) is 2.88. The summed E-state index contributed by atoms with van der Waals surface area (Å²) >= 11 is 6.05. The molecule has 4 heteroatoms. The summed E-state index contributed by atoms with van der Waals surface area (Å²) in [5.74, 6) is 0. The highest BCUT2D eigenvalue weighted by atomic mass is 35.5. The summed E-state index contributed by atoms with van der Waals surface area (Å²) in [6.45, 7) is 0. The first kappa shape index (κ1) is 10.9. The van der Waals surface area contributed by atoms with Crippen molar-refractivity contribution in [3.63, 3.8) is 0 Å². The number of fused-ring (bicyclic) bond motifs is 1. The fourth-order valence-corrected chi connectivity index (χ4v) is 2.39. The van der Waals surface area contributed by atoms with E-state index >= 15 is 0 Å². The second-order valence-corrected chi connectivity index (χ2v) is 4.52. The van der Waals surface area contributed by atoms with Crippen LogP contribution in [0.5, 0.6) is 0 Å². The molecule has 0 N–H and O–H groups in total. The Kier molecular flexibility index (Phi) is 2.39. The Hall–Kier alpha value is -2.18. The van der Waals surface area contributed by atoms with Gasteiger partial charge in [0.2, 0.25) is 0 Å². The van der Waals surface area contributed by atoms with Crippen molar-refractivity contribution < 1.29 is 0 Å². The average molecular weight is 256 g/mol. The minimum Gasteiger partial charge on any atom is -0.319 e. The fraction of sp³-hybridized carbons (Fsp3) is 0.0714. The molecule has 2 aromatic heterocycles. The number of aryl methyl sites for hydroxylation is 1. The fourth-order valence-electron chi connectivity index (χ4n) is 2.20. The third-order valence-electron chi connectivity index (χ3n) is 3.09. The highest BCUT2D eigenvalue weighted by Gasteiger charge is 2.16. The summed E-state index contributed by atoms with van der Waals surface area (Å²) in [6, 6.07) is 12.2. The first-order chi connectivity index (χ1) is 8.72. The van der Waals surface area contributed by atoms with Crippen molar-refractivity contribution in [3.05, 3.63) is 53.4 Å². The van der Waals surface area contributed by atoms with Gasteiger partial charge in [0.25, 0.3) is 0 Å². The molecule has 0 aliphatic heterocycles. The maximum Gasteiger partial charge on any atom is 0.136 e. The number of aromatic nitrogens is 2. The van der Waals surface area contributed by atoms with Crippen molar-refractivity contribution in [2.24, 2.45) is 7.05 Å². The number of rotatable bonds is 1. The van der Waals surface area contributed by atoms with Gasteiger partial charge in [-0.3, -0.25) is 0 Å². The number of nitrogens with zero attached hydrogens (tertiary/aromatic N) is 3. The van der Waals surface area contributed by atoms with Gasteiger partial charge in [0.15, 0.2) is 0 Å². The Morgan fingerprint density at radius 2 is 1.89 bits per heavy atom. The third kappa shape index (κ3) is 1.43. The van der Waals surface area contributed by atoms with Crippen molar-refractivity contribution in [1.29, 1.82) is 5.26 Å². The SMILES string of the molecule is Cn1c(Cl)cn2cc(-c3ccccc3)c(C#N)c12. The van der Waals surface area contributed by atoms with E-state index in [0.29, 0.717) is 10.7 Å². The van der Waals surface area contributed by atoms with E-state index < -0.39 is 0 Å². The molecule has 2 heterocycles. The van der Waals surface area contributed by atoms with Crippen LogP contribution < -0.4 is 0 Å². The molecule has 0 saturated carbocycles. The maximum atomic E-state index is 9.38. The minimum absolute atomic E-state index is 0.612. The van der Waals surface area contributed by atoms with Gasteiger partial charge in [-0.25, -0.2) is 0 Å². The van der Waals surface area contributed by atoms with Gasteiger partial charge in [0, 0.05) is 25.0 Å². The summed E-state index contributed by atoms with van der Waals surface area (Å²) < 4.78 is 3.70. The molecular weight excluding hydrogens is 246 g/mol. The standard InChI is InChI=1S/C14H10ClN3/c1-17-13(15)9-18-8-12(11(7-16)14(17)18)10-5-3-2-4-6-10/h2-6,8-9H,1H3. The number of halogens is 1. The highest BCUT2D eigenvalue weighted by Crippen LogP contribution is 2.30. The maximum absolute atomic E-state index is 9.38.